The summed E-state index contributed by atoms with van der Waals surface area (Å²) in [6.45, 7) is 6.41. The van der Waals surface area contributed by atoms with Gasteiger partial charge in [0.1, 0.15) is 5.82 Å². The van der Waals surface area contributed by atoms with E-state index in [1.807, 2.05) is 17.9 Å². The Morgan fingerprint density at radius 3 is 2.50 bits per heavy atom. The largest absolute Gasteiger partial charge is 0.389 e. The lowest BCUT2D eigenvalue weighted by Gasteiger charge is -2.38. The first kappa shape index (κ1) is 20.3. The minimum atomic E-state index is -2.89. The molecule has 0 bridgehead atoms. The molecule has 1 aliphatic heterocycles. The van der Waals surface area contributed by atoms with Crippen molar-refractivity contribution >= 4 is 22.4 Å². The molecule has 1 atom stereocenters. The number of β-amino-alcohol motifs (C(OH)–C–C–N with tert-alkyl or cyclic N) is 1. The Morgan fingerprint density at radius 2 is 1.83 bits per heavy atom. The fourth-order valence-electron chi connectivity index (χ4n) is 3.71. The molecule has 6 nitrogen and oxygen atoms in total. The Bertz CT molecular complexity index is 1100. The minimum Gasteiger partial charge on any atom is -0.389 e. The summed E-state index contributed by atoms with van der Waals surface area (Å²) in [4.78, 5) is 6.67. The van der Waals surface area contributed by atoms with Gasteiger partial charge in [-0.25, -0.2) is 18.2 Å². The van der Waals surface area contributed by atoms with Gasteiger partial charge in [0.25, 0.3) is 6.43 Å². The Kier molecular flexibility index (Phi) is 5.23. The summed E-state index contributed by atoms with van der Waals surface area (Å²) in [5.74, 6) is -0.541. The average Bonchev–Trinajstić information content (AvgIpc) is 2.67. The van der Waals surface area contributed by atoms with Gasteiger partial charge in [0.15, 0.2) is 5.82 Å². The van der Waals surface area contributed by atoms with Crippen molar-refractivity contribution in [2.75, 3.05) is 23.3 Å². The zero-order chi connectivity index (χ0) is 21.6. The molecule has 0 saturated carbocycles. The van der Waals surface area contributed by atoms with E-state index >= 15 is 0 Å². The van der Waals surface area contributed by atoms with Crippen LogP contribution in [-0.2, 0) is 0 Å². The lowest BCUT2D eigenvalue weighted by atomic mass is 10.0. The number of hydrogen-bond acceptors (Lipinski definition) is 6. The number of pyridine rings is 1. The molecule has 4 rings (SSSR count). The molecule has 9 heteroatoms. The van der Waals surface area contributed by atoms with Gasteiger partial charge in [-0.2, -0.15) is 5.10 Å². The molecular formula is C21H22F3N5O. The number of hydrogen-bond donors (Lipinski definition) is 2. The Balaban J connectivity index is 1.73. The molecule has 0 aliphatic carbocycles. The number of alkyl halides is 2. The van der Waals surface area contributed by atoms with E-state index in [2.05, 4.69) is 20.5 Å². The van der Waals surface area contributed by atoms with Crippen LogP contribution in [0.2, 0.25) is 0 Å². The SMILES string of the molecule is Cc1nc2c(C)nnc(N[C@H](C)c3cccc(C(F)F)c3F)c2cc1N1CC(O)C1. The van der Waals surface area contributed by atoms with Gasteiger partial charge in [0.05, 0.1) is 40.3 Å². The van der Waals surface area contributed by atoms with Gasteiger partial charge in [0, 0.05) is 24.0 Å². The van der Waals surface area contributed by atoms with Crippen molar-refractivity contribution in [1.82, 2.24) is 15.2 Å². The Morgan fingerprint density at radius 1 is 1.13 bits per heavy atom. The van der Waals surface area contributed by atoms with E-state index in [9.17, 15) is 18.3 Å². The summed E-state index contributed by atoms with van der Waals surface area (Å²) in [7, 11) is 0. The first-order valence-corrected chi connectivity index (χ1v) is 9.67. The summed E-state index contributed by atoms with van der Waals surface area (Å²) in [6.07, 6.45) is -3.25. The van der Waals surface area contributed by atoms with Gasteiger partial charge < -0.3 is 15.3 Å². The molecule has 158 valence electrons. The van der Waals surface area contributed by atoms with Gasteiger partial charge >= 0.3 is 0 Å². The molecule has 0 unspecified atom stereocenters. The zero-order valence-corrected chi connectivity index (χ0v) is 16.8. The van der Waals surface area contributed by atoms with Crippen molar-refractivity contribution in [2.24, 2.45) is 0 Å². The highest BCUT2D eigenvalue weighted by atomic mass is 19.3. The molecular weight excluding hydrogens is 395 g/mol. The van der Waals surface area contributed by atoms with Crippen LogP contribution in [0.3, 0.4) is 0 Å². The maximum Gasteiger partial charge on any atom is 0.266 e. The second-order valence-electron chi connectivity index (χ2n) is 7.60. The van der Waals surface area contributed by atoms with Crippen LogP contribution in [0.4, 0.5) is 24.7 Å². The van der Waals surface area contributed by atoms with E-state index in [4.69, 9.17) is 0 Å². The maximum atomic E-state index is 14.6. The number of aliphatic hydroxyl groups is 1. The summed E-state index contributed by atoms with van der Waals surface area (Å²) in [6, 6.07) is 5.26. The van der Waals surface area contributed by atoms with Gasteiger partial charge in [0.2, 0.25) is 0 Å². The Hall–Kier alpha value is -2.94. The van der Waals surface area contributed by atoms with Crippen LogP contribution in [0.25, 0.3) is 10.9 Å². The number of halogens is 3. The summed E-state index contributed by atoms with van der Waals surface area (Å²) < 4.78 is 40.7. The highest BCUT2D eigenvalue weighted by molar-refractivity contribution is 5.93. The normalized spacial score (nSPS) is 15.5. The van der Waals surface area contributed by atoms with Crippen LogP contribution in [0.15, 0.2) is 24.3 Å². The summed E-state index contributed by atoms with van der Waals surface area (Å²) in [5.41, 5.74) is 2.48. The van der Waals surface area contributed by atoms with Gasteiger partial charge in [-0.3, -0.25) is 0 Å². The molecule has 3 aromatic rings. The number of aryl methyl sites for hydroxylation is 2. The van der Waals surface area contributed by atoms with E-state index in [1.165, 1.54) is 12.1 Å². The second-order valence-corrected chi connectivity index (χ2v) is 7.60. The molecule has 30 heavy (non-hydrogen) atoms. The quantitative estimate of drug-likeness (QED) is 0.652. The number of fused-ring (bicyclic) bond motifs is 1. The van der Waals surface area contributed by atoms with Crippen molar-refractivity contribution in [3.8, 4) is 0 Å². The predicted molar refractivity (Wildman–Crippen MR) is 108 cm³/mol. The van der Waals surface area contributed by atoms with Crippen LogP contribution in [0.5, 0.6) is 0 Å². The number of rotatable bonds is 5. The van der Waals surface area contributed by atoms with Crippen LogP contribution in [0.1, 0.15) is 41.9 Å². The van der Waals surface area contributed by atoms with Gasteiger partial charge in [-0.15, -0.1) is 5.10 Å². The standard InChI is InChI=1S/C21H22F3N5O/c1-10(14-5-4-6-15(18(14)22)20(23)24)26-21-16-7-17(29-8-13(30)9-29)11(2)25-19(16)12(3)27-28-21/h4-7,10,13,20,30H,8-9H2,1-3H3,(H,26,28)/t10-/m1/s1. The van der Waals surface area contributed by atoms with E-state index in [0.717, 1.165) is 17.4 Å². The van der Waals surface area contributed by atoms with Crippen molar-refractivity contribution < 1.29 is 18.3 Å². The number of aliphatic hydroxyl groups excluding tert-OH is 1. The predicted octanol–water partition coefficient (Wildman–Crippen LogP) is 4.07. The van der Waals surface area contributed by atoms with E-state index in [-0.39, 0.29) is 11.7 Å². The fraction of sp³-hybridized carbons (Fsp3) is 0.381. The van der Waals surface area contributed by atoms with Crippen LogP contribution < -0.4 is 10.2 Å². The van der Waals surface area contributed by atoms with E-state index in [1.54, 1.807) is 13.8 Å². The molecule has 0 spiro atoms. The lowest BCUT2D eigenvalue weighted by Crippen LogP contribution is -2.51. The van der Waals surface area contributed by atoms with E-state index < -0.39 is 23.8 Å². The van der Waals surface area contributed by atoms with E-state index in [0.29, 0.717) is 35.5 Å². The van der Waals surface area contributed by atoms with Crippen LogP contribution >= 0.6 is 0 Å². The topological polar surface area (TPSA) is 74.2 Å². The number of benzene rings is 1. The zero-order valence-electron chi connectivity index (χ0n) is 16.8. The summed E-state index contributed by atoms with van der Waals surface area (Å²) in [5, 5.41) is 21.8. The fourth-order valence-corrected chi connectivity index (χ4v) is 3.71. The number of nitrogens with one attached hydrogen (secondary N) is 1. The number of anilines is 2. The first-order chi connectivity index (χ1) is 14.3. The smallest absolute Gasteiger partial charge is 0.266 e. The third-order valence-corrected chi connectivity index (χ3v) is 5.40. The van der Waals surface area contributed by atoms with Crippen molar-refractivity contribution in [3.63, 3.8) is 0 Å². The monoisotopic (exact) mass is 417 g/mol. The summed E-state index contributed by atoms with van der Waals surface area (Å²) >= 11 is 0. The third kappa shape index (κ3) is 3.54. The number of nitrogens with zero attached hydrogens (tertiary/aromatic N) is 4. The van der Waals surface area contributed by atoms with Crippen molar-refractivity contribution in [2.45, 2.75) is 39.3 Å². The highest BCUT2D eigenvalue weighted by Gasteiger charge is 2.27. The molecule has 1 fully saturated rings. The van der Waals surface area contributed by atoms with Crippen molar-refractivity contribution in [3.05, 3.63) is 52.6 Å². The van der Waals surface area contributed by atoms with Crippen LogP contribution in [-0.4, -0.2) is 39.5 Å². The highest BCUT2D eigenvalue weighted by Crippen LogP contribution is 2.33. The molecule has 1 saturated heterocycles. The molecule has 0 amide bonds. The Labute approximate surface area is 171 Å². The molecule has 1 aromatic carbocycles. The lowest BCUT2D eigenvalue weighted by molar-refractivity contribution is 0.141. The van der Waals surface area contributed by atoms with Gasteiger partial charge in [-0.1, -0.05) is 18.2 Å². The van der Waals surface area contributed by atoms with Gasteiger partial charge in [-0.05, 0) is 26.8 Å². The second kappa shape index (κ2) is 7.71. The third-order valence-electron chi connectivity index (χ3n) is 5.40. The molecule has 1 aliphatic rings. The molecule has 0 radical (unpaired) electrons. The average molecular weight is 417 g/mol. The molecule has 3 heterocycles. The molecule has 2 N–H and O–H groups in total. The first-order valence-electron chi connectivity index (χ1n) is 9.67. The number of aromatic nitrogens is 3. The van der Waals surface area contributed by atoms with Crippen LogP contribution in [0, 0.1) is 19.7 Å². The minimum absolute atomic E-state index is 0.120. The maximum absolute atomic E-state index is 14.6. The van der Waals surface area contributed by atoms with Crippen molar-refractivity contribution in [1.29, 1.82) is 0 Å². The molecule has 2 aromatic heterocycles.